The molecule has 0 atom stereocenters. The minimum Gasteiger partial charge on any atom is -0.489 e. The number of hydrogen-bond donors (Lipinski definition) is 0. The predicted octanol–water partition coefficient (Wildman–Crippen LogP) is 5.77. The Morgan fingerprint density at radius 1 is 0.750 bits per heavy atom. The zero-order chi connectivity index (χ0) is 24.6. The van der Waals surface area contributed by atoms with E-state index in [4.69, 9.17) is 19.5 Å². The van der Waals surface area contributed by atoms with Crippen molar-refractivity contribution in [1.82, 2.24) is 19.9 Å². The van der Waals surface area contributed by atoms with Crippen LogP contribution in [0.25, 0.3) is 11.3 Å². The highest BCUT2D eigenvalue weighted by molar-refractivity contribution is 5.56. The topological polar surface area (TPSA) is 103 Å². The number of benzene rings is 3. The van der Waals surface area contributed by atoms with E-state index in [1.54, 1.807) is 54.9 Å². The minimum atomic E-state index is 0.128. The van der Waals surface area contributed by atoms with Gasteiger partial charge in [0.05, 0.1) is 17.3 Å². The summed E-state index contributed by atoms with van der Waals surface area (Å²) in [6, 6.07) is 27.9. The molecular weight excluding hydrogens is 454 g/mol. The van der Waals surface area contributed by atoms with Crippen molar-refractivity contribution in [2.24, 2.45) is 0 Å². The highest BCUT2D eigenvalue weighted by Crippen LogP contribution is 2.25. The molecular formula is C28H18N5O3. The van der Waals surface area contributed by atoms with Crippen LogP contribution in [0.1, 0.15) is 11.1 Å². The van der Waals surface area contributed by atoms with Gasteiger partial charge in [-0.15, -0.1) is 0 Å². The second kappa shape index (κ2) is 10.8. The van der Waals surface area contributed by atoms with E-state index in [1.165, 1.54) is 0 Å². The van der Waals surface area contributed by atoms with Crippen molar-refractivity contribution in [3.63, 3.8) is 0 Å². The summed E-state index contributed by atoms with van der Waals surface area (Å²) in [5.41, 5.74) is 2.74. The molecule has 0 saturated carbocycles. The molecule has 2 aromatic heterocycles. The van der Waals surface area contributed by atoms with Crippen LogP contribution in [0, 0.1) is 17.5 Å². The Balaban J connectivity index is 1.21. The fraction of sp³-hybridized carbons (Fsp3) is 0.0357. The Hall–Kier alpha value is -5.29. The molecule has 0 spiro atoms. The van der Waals surface area contributed by atoms with Crippen LogP contribution < -0.4 is 14.2 Å². The molecule has 0 saturated heterocycles. The third-order valence-electron chi connectivity index (χ3n) is 4.96. The zero-order valence-electron chi connectivity index (χ0n) is 18.9. The maximum Gasteiger partial charge on any atom is 0.322 e. The number of hydrogen-bond acceptors (Lipinski definition) is 8. The summed E-state index contributed by atoms with van der Waals surface area (Å²) in [5, 5.41) is 8.88. The van der Waals surface area contributed by atoms with Gasteiger partial charge in [-0.3, -0.25) is 0 Å². The first-order valence-electron chi connectivity index (χ1n) is 11.0. The van der Waals surface area contributed by atoms with Crippen molar-refractivity contribution in [1.29, 1.82) is 5.26 Å². The molecule has 0 unspecified atom stereocenters. The van der Waals surface area contributed by atoms with Gasteiger partial charge in [0.2, 0.25) is 0 Å². The molecule has 0 N–H and O–H groups in total. The molecule has 0 aliphatic heterocycles. The first-order valence-corrected chi connectivity index (χ1v) is 11.0. The van der Waals surface area contributed by atoms with E-state index < -0.39 is 0 Å². The van der Waals surface area contributed by atoms with Crippen LogP contribution >= 0.6 is 0 Å². The van der Waals surface area contributed by atoms with E-state index in [0.29, 0.717) is 34.9 Å². The van der Waals surface area contributed by atoms with Crippen LogP contribution in [0.2, 0.25) is 0 Å². The number of aromatic nitrogens is 4. The largest absolute Gasteiger partial charge is 0.489 e. The third kappa shape index (κ3) is 5.79. The van der Waals surface area contributed by atoms with E-state index in [1.807, 2.05) is 42.5 Å². The fourth-order valence-electron chi connectivity index (χ4n) is 3.15. The highest BCUT2D eigenvalue weighted by Gasteiger charge is 2.08. The molecule has 0 bridgehead atoms. The quantitative estimate of drug-likeness (QED) is 0.280. The molecule has 5 aromatic rings. The summed E-state index contributed by atoms with van der Waals surface area (Å²) in [6.07, 6.45) is 6.01. The summed E-state index contributed by atoms with van der Waals surface area (Å²) in [5.74, 6) is 1.82. The van der Waals surface area contributed by atoms with Crippen molar-refractivity contribution in [2.75, 3.05) is 0 Å². The Labute approximate surface area is 207 Å². The molecule has 2 heterocycles. The van der Waals surface area contributed by atoms with Crippen LogP contribution in [0.4, 0.5) is 0 Å². The van der Waals surface area contributed by atoms with Gasteiger partial charge in [0, 0.05) is 18.0 Å². The molecule has 8 nitrogen and oxygen atoms in total. The van der Waals surface area contributed by atoms with Gasteiger partial charge < -0.3 is 14.2 Å². The van der Waals surface area contributed by atoms with Crippen molar-refractivity contribution in [3.8, 4) is 46.6 Å². The van der Waals surface area contributed by atoms with Crippen LogP contribution in [-0.4, -0.2) is 19.9 Å². The summed E-state index contributed by atoms with van der Waals surface area (Å²) in [4.78, 5) is 16.9. The fourth-order valence-corrected chi connectivity index (χ4v) is 3.15. The summed E-state index contributed by atoms with van der Waals surface area (Å²) >= 11 is 0. The van der Waals surface area contributed by atoms with Crippen molar-refractivity contribution < 1.29 is 14.2 Å². The molecule has 0 amide bonds. The monoisotopic (exact) mass is 472 g/mol. The predicted molar refractivity (Wildman–Crippen MR) is 130 cm³/mol. The first-order chi connectivity index (χ1) is 17.7. The number of rotatable bonds is 8. The van der Waals surface area contributed by atoms with Gasteiger partial charge in [-0.2, -0.15) is 15.2 Å². The van der Waals surface area contributed by atoms with E-state index in [-0.39, 0.29) is 12.0 Å². The molecule has 0 fully saturated rings. The molecule has 36 heavy (non-hydrogen) atoms. The molecule has 173 valence electrons. The molecule has 0 aliphatic rings. The molecule has 0 aliphatic carbocycles. The lowest BCUT2D eigenvalue weighted by atomic mass is 10.2. The van der Waals surface area contributed by atoms with Gasteiger partial charge in [0.15, 0.2) is 0 Å². The Kier molecular flexibility index (Phi) is 6.72. The van der Waals surface area contributed by atoms with Crippen molar-refractivity contribution in [2.45, 2.75) is 6.61 Å². The Morgan fingerprint density at radius 2 is 1.44 bits per heavy atom. The number of nitriles is 1. The molecule has 5 rings (SSSR count). The van der Waals surface area contributed by atoms with Gasteiger partial charge >= 0.3 is 12.0 Å². The Morgan fingerprint density at radius 3 is 2.14 bits per heavy atom. The summed E-state index contributed by atoms with van der Waals surface area (Å²) in [6.45, 7) is 0.488. The van der Waals surface area contributed by atoms with Crippen LogP contribution in [0.3, 0.4) is 0 Å². The maximum atomic E-state index is 8.88. The van der Waals surface area contributed by atoms with Crippen LogP contribution in [-0.2, 0) is 6.61 Å². The lowest BCUT2D eigenvalue weighted by molar-refractivity contribution is 0.305. The third-order valence-corrected chi connectivity index (χ3v) is 4.96. The SMILES string of the molecule is N#Cc1ccc(Oc2n[c]c(-c3ccnc(Oc4ccc(OCc5ccccc5)cc4)n3)cn2)cc1. The average molecular weight is 472 g/mol. The molecule has 1 radical (unpaired) electrons. The number of ether oxygens (including phenoxy) is 3. The van der Waals surface area contributed by atoms with Gasteiger partial charge in [-0.05, 0) is 60.2 Å². The van der Waals surface area contributed by atoms with E-state index in [9.17, 15) is 0 Å². The lowest BCUT2D eigenvalue weighted by Gasteiger charge is -2.08. The van der Waals surface area contributed by atoms with Crippen LogP contribution in [0.5, 0.6) is 29.3 Å². The van der Waals surface area contributed by atoms with E-state index >= 15 is 0 Å². The second-order valence-electron chi connectivity index (χ2n) is 7.49. The minimum absolute atomic E-state index is 0.128. The smallest absolute Gasteiger partial charge is 0.322 e. The summed E-state index contributed by atoms with van der Waals surface area (Å²) in [7, 11) is 0. The standard InChI is InChI=1S/C28H18N5O3/c29-16-20-6-8-24(9-7-20)35-27-31-17-22(18-32-27)26-14-15-30-28(33-26)36-25-12-10-23(11-13-25)34-19-21-4-2-1-3-5-21/h1-15,17H,19H2. The van der Waals surface area contributed by atoms with Crippen molar-refractivity contribution in [3.05, 3.63) is 115 Å². The lowest BCUT2D eigenvalue weighted by Crippen LogP contribution is -1.97. The number of nitrogens with zero attached hydrogens (tertiary/aromatic N) is 5. The normalized spacial score (nSPS) is 10.3. The second-order valence-corrected chi connectivity index (χ2v) is 7.49. The Bertz CT molecular complexity index is 1470. The first kappa shape index (κ1) is 22.5. The van der Waals surface area contributed by atoms with Gasteiger partial charge in [-0.25, -0.2) is 9.97 Å². The van der Waals surface area contributed by atoms with Gasteiger partial charge in [-0.1, -0.05) is 30.3 Å². The van der Waals surface area contributed by atoms with Gasteiger partial charge in [0.25, 0.3) is 0 Å². The van der Waals surface area contributed by atoms with Gasteiger partial charge in [0.1, 0.15) is 30.1 Å². The molecule has 3 aromatic carbocycles. The summed E-state index contributed by atoms with van der Waals surface area (Å²) < 4.78 is 17.2. The van der Waals surface area contributed by atoms with Crippen molar-refractivity contribution >= 4 is 0 Å². The van der Waals surface area contributed by atoms with E-state index in [2.05, 4.69) is 32.2 Å². The average Bonchev–Trinajstić information content (AvgIpc) is 2.94. The molecule has 8 heteroatoms. The van der Waals surface area contributed by atoms with E-state index in [0.717, 1.165) is 11.3 Å². The zero-order valence-corrected chi connectivity index (χ0v) is 18.9. The maximum absolute atomic E-state index is 8.88. The highest BCUT2D eigenvalue weighted by atomic mass is 16.5. The van der Waals surface area contributed by atoms with Crippen LogP contribution in [0.15, 0.2) is 97.3 Å².